The molecule has 1 saturated heterocycles. The van der Waals surface area contributed by atoms with E-state index in [0.29, 0.717) is 43.7 Å². The highest BCUT2D eigenvalue weighted by Crippen LogP contribution is 2.14. The summed E-state index contributed by atoms with van der Waals surface area (Å²) in [5.74, 6) is -0.244. The first kappa shape index (κ1) is 18.1. The predicted molar refractivity (Wildman–Crippen MR) is 98.4 cm³/mol. The molecular formula is C21H23FN2O2. The minimum Gasteiger partial charge on any atom is -0.339 e. The molecule has 136 valence electrons. The second-order valence-corrected chi connectivity index (χ2v) is 6.58. The number of hydrogen-bond acceptors (Lipinski definition) is 2. The highest BCUT2D eigenvalue weighted by molar-refractivity contribution is 5.95. The Morgan fingerprint density at radius 1 is 0.923 bits per heavy atom. The van der Waals surface area contributed by atoms with E-state index in [1.54, 1.807) is 28.0 Å². The van der Waals surface area contributed by atoms with Crippen molar-refractivity contribution in [3.05, 3.63) is 71.0 Å². The normalized spacial score (nSPS) is 14.4. The smallest absolute Gasteiger partial charge is 0.254 e. The van der Waals surface area contributed by atoms with Gasteiger partial charge >= 0.3 is 0 Å². The van der Waals surface area contributed by atoms with Crippen molar-refractivity contribution >= 4 is 11.8 Å². The number of carbonyl (C=O) groups excluding carboxylic acids is 2. The van der Waals surface area contributed by atoms with E-state index < -0.39 is 0 Å². The maximum absolute atomic E-state index is 13.6. The third-order valence-corrected chi connectivity index (χ3v) is 4.86. The molecule has 0 aliphatic carbocycles. The first-order valence-corrected chi connectivity index (χ1v) is 8.92. The van der Waals surface area contributed by atoms with Crippen LogP contribution in [-0.4, -0.2) is 47.8 Å². The summed E-state index contributed by atoms with van der Waals surface area (Å²) in [6, 6.07) is 14.1. The number of nitrogens with zero attached hydrogens (tertiary/aromatic N) is 2. The first-order chi connectivity index (χ1) is 12.6. The first-order valence-electron chi connectivity index (χ1n) is 8.92. The van der Waals surface area contributed by atoms with Crippen LogP contribution in [0.5, 0.6) is 0 Å². The summed E-state index contributed by atoms with van der Waals surface area (Å²) in [5.41, 5.74) is 2.24. The van der Waals surface area contributed by atoms with Crippen LogP contribution in [0.4, 0.5) is 4.39 Å². The number of piperazine rings is 1. The molecule has 4 nitrogen and oxygen atoms in total. The van der Waals surface area contributed by atoms with Crippen molar-refractivity contribution in [3.63, 3.8) is 0 Å². The number of hydrogen-bond donors (Lipinski definition) is 0. The Labute approximate surface area is 153 Å². The van der Waals surface area contributed by atoms with E-state index in [1.807, 2.05) is 31.2 Å². The molecule has 0 unspecified atom stereocenters. The number of amides is 2. The molecule has 0 aromatic heterocycles. The minimum absolute atomic E-state index is 0.0104. The molecule has 3 rings (SSSR count). The molecule has 5 heteroatoms. The van der Waals surface area contributed by atoms with Crippen molar-refractivity contribution in [2.75, 3.05) is 26.2 Å². The molecule has 2 amide bonds. The Hall–Kier alpha value is -2.69. The number of aryl methyl sites for hydroxylation is 2. The molecule has 0 atom stereocenters. The Morgan fingerprint density at radius 2 is 1.54 bits per heavy atom. The van der Waals surface area contributed by atoms with Gasteiger partial charge in [-0.3, -0.25) is 9.59 Å². The summed E-state index contributed by atoms with van der Waals surface area (Å²) in [5, 5.41) is 0. The number of rotatable bonds is 4. The summed E-state index contributed by atoms with van der Waals surface area (Å²) in [7, 11) is 0. The summed E-state index contributed by atoms with van der Waals surface area (Å²) in [6.07, 6.45) is 0.681. The molecule has 0 bridgehead atoms. The fraction of sp³-hybridized carbons (Fsp3) is 0.333. The van der Waals surface area contributed by atoms with Gasteiger partial charge in [0.1, 0.15) is 5.82 Å². The van der Waals surface area contributed by atoms with Crippen molar-refractivity contribution < 1.29 is 14.0 Å². The van der Waals surface area contributed by atoms with Crippen LogP contribution in [0.1, 0.15) is 27.9 Å². The molecule has 0 N–H and O–H groups in total. The van der Waals surface area contributed by atoms with Crippen LogP contribution in [0.25, 0.3) is 0 Å². The summed E-state index contributed by atoms with van der Waals surface area (Å²) in [6.45, 7) is 4.02. The molecule has 2 aromatic carbocycles. The van der Waals surface area contributed by atoms with Crippen molar-refractivity contribution in [1.29, 1.82) is 0 Å². The quantitative estimate of drug-likeness (QED) is 0.847. The number of halogens is 1. The van der Waals surface area contributed by atoms with E-state index >= 15 is 0 Å². The molecule has 1 heterocycles. The second kappa shape index (κ2) is 8.13. The lowest BCUT2D eigenvalue weighted by molar-refractivity contribution is -0.132. The van der Waals surface area contributed by atoms with E-state index in [4.69, 9.17) is 0 Å². The lowest BCUT2D eigenvalue weighted by atomic mass is 10.1. The standard InChI is InChI=1S/C21H23FN2O2/c1-16-6-2-4-8-18(16)21(26)24-14-12-23(13-15-24)20(25)11-10-17-7-3-5-9-19(17)22/h2-9H,10-15H2,1H3. The van der Waals surface area contributed by atoms with Crippen LogP contribution >= 0.6 is 0 Å². The van der Waals surface area contributed by atoms with Gasteiger partial charge in [-0.2, -0.15) is 0 Å². The van der Waals surface area contributed by atoms with E-state index in [1.165, 1.54) is 6.07 Å². The lowest BCUT2D eigenvalue weighted by Crippen LogP contribution is -2.50. The Balaban J connectivity index is 1.52. The number of carbonyl (C=O) groups is 2. The van der Waals surface area contributed by atoms with Crippen LogP contribution in [0.15, 0.2) is 48.5 Å². The topological polar surface area (TPSA) is 40.6 Å². The van der Waals surface area contributed by atoms with Gasteiger partial charge in [-0.25, -0.2) is 4.39 Å². The van der Waals surface area contributed by atoms with E-state index in [0.717, 1.165) is 5.56 Å². The molecular weight excluding hydrogens is 331 g/mol. The average molecular weight is 354 g/mol. The summed E-state index contributed by atoms with van der Waals surface area (Å²) >= 11 is 0. The Kier molecular flexibility index (Phi) is 5.66. The molecule has 0 spiro atoms. The van der Waals surface area contributed by atoms with Crippen LogP contribution in [0, 0.1) is 12.7 Å². The van der Waals surface area contributed by atoms with Crippen LogP contribution < -0.4 is 0 Å². The number of benzene rings is 2. The van der Waals surface area contributed by atoms with Crippen LogP contribution in [0.2, 0.25) is 0 Å². The van der Waals surface area contributed by atoms with Gasteiger partial charge in [0.2, 0.25) is 5.91 Å². The second-order valence-electron chi connectivity index (χ2n) is 6.58. The van der Waals surface area contributed by atoms with Gasteiger partial charge in [0.05, 0.1) is 0 Å². The SMILES string of the molecule is Cc1ccccc1C(=O)N1CCN(C(=O)CCc2ccccc2F)CC1. The van der Waals surface area contributed by atoms with Gasteiger partial charge in [-0.15, -0.1) is 0 Å². The zero-order chi connectivity index (χ0) is 18.5. The Morgan fingerprint density at radius 3 is 2.23 bits per heavy atom. The molecule has 1 aliphatic heterocycles. The fourth-order valence-electron chi connectivity index (χ4n) is 3.24. The van der Waals surface area contributed by atoms with E-state index in [-0.39, 0.29) is 24.1 Å². The van der Waals surface area contributed by atoms with Gasteiger partial charge < -0.3 is 9.80 Å². The van der Waals surface area contributed by atoms with E-state index in [2.05, 4.69) is 0 Å². The zero-order valence-corrected chi connectivity index (χ0v) is 15.0. The zero-order valence-electron chi connectivity index (χ0n) is 15.0. The van der Waals surface area contributed by atoms with Gasteiger partial charge in [-0.05, 0) is 36.6 Å². The molecule has 1 aliphatic rings. The Bertz CT molecular complexity index is 798. The molecule has 0 radical (unpaired) electrons. The van der Waals surface area contributed by atoms with E-state index in [9.17, 15) is 14.0 Å². The molecule has 2 aromatic rings. The predicted octanol–water partition coefficient (Wildman–Crippen LogP) is 3.05. The minimum atomic E-state index is -0.269. The highest BCUT2D eigenvalue weighted by atomic mass is 19.1. The third kappa shape index (κ3) is 4.10. The largest absolute Gasteiger partial charge is 0.339 e. The fourth-order valence-corrected chi connectivity index (χ4v) is 3.24. The van der Waals surface area contributed by atoms with Crippen molar-refractivity contribution in [2.24, 2.45) is 0 Å². The maximum Gasteiger partial charge on any atom is 0.254 e. The van der Waals surface area contributed by atoms with Crippen molar-refractivity contribution in [1.82, 2.24) is 9.80 Å². The summed E-state index contributed by atoms with van der Waals surface area (Å²) < 4.78 is 13.6. The van der Waals surface area contributed by atoms with Gasteiger partial charge in [-0.1, -0.05) is 36.4 Å². The highest BCUT2D eigenvalue weighted by Gasteiger charge is 2.25. The molecule has 1 fully saturated rings. The molecule has 26 heavy (non-hydrogen) atoms. The lowest BCUT2D eigenvalue weighted by Gasteiger charge is -2.35. The average Bonchev–Trinajstić information content (AvgIpc) is 2.67. The third-order valence-electron chi connectivity index (χ3n) is 4.86. The van der Waals surface area contributed by atoms with Gasteiger partial charge in [0.15, 0.2) is 0 Å². The van der Waals surface area contributed by atoms with Crippen LogP contribution in [0.3, 0.4) is 0 Å². The van der Waals surface area contributed by atoms with Crippen molar-refractivity contribution in [3.8, 4) is 0 Å². The maximum atomic E-state index is 13.6. The van der Waals surface area contributed by atoms with Gasteiger partial charge in [0, 0.05) is 38.2 Å². The molecule has 0 saturated carbocycles. The monoisotopic (exact) mass is 354 g/mol. The van der Waals surface area contributed by atoms with Crippen LogP contribution in [-0.2, 0) is 11.2 Å². The van der Waals surface area contributed by atoms with Gasteiger partial charge in [0.25, 0.3) is 5.91 Å². The van der Waals surface area contributed by atoms with Crippen molar-refractivity contribution in [2.45, 2.75) is 19.8 Å². The summed E-state index contributed by atoms with van der Waals surface area (Å²) in [4.78, 5) is 28.6.